The summed E-state index contributed by atoms with van der Waals surface area (Å²) in [6, 6.07) is 1.25. The Hall–Kier alpha value is -2.07. The molecule has 0 aliphatic carbocycles. The zero-order chi connectivity index (χ0) is 16.5. The lowest BCUT2D eigenvalue weighted by molar-refractivity contribution is 0.0702. The normalized spacial score (nSPS) is 13.3. The van der Waals surface area contributed by atoms with Crippen LogP contribution >= 0.6 is 0 Å². The summed E-state index contributed by atoms with van der Waals surface area (Å²) >= 11 is 0. The molecule has 2 atom stereocenters. The van der Waals surface area contributed by atoms with Crippen molar-refractivity contribution in [3.8, 4) is 0 Å². The molecule has 0 aliphatic rings. The predicted molar refractivity (Wildman–Crippen MR) is 74.6 cm³/mol. The molecule has 0 aromatic carbocycles. The molecule has 1 aromatic rings. The number of nitrogens with one attached hydrogen (secondary N) is 2. The van der Waals surface area contributed by atoms with Gasteiger partial charge in [-0.15, -0.1) is 0 Å². The van der Waals surface area contributed by atoms with Crippen LogP contribution in [0.1, 0.15) is 33.6 Å². The lowest BCUT2D eigenvalue weighted by Gasteiger charge is -2.13. The van der Waals surface area contributed by atoms with Crippen LogP contribution in [0.4, 0.5) is 0 Å². The third kappa shape index (κ3) is 5.74. The fraction of sp³-hybridized carbons (Fsp3) is 0.462. The molecule has 0 spiro atoms. The van der Waals surface area contributed by atoms with E-state index in [-0.39, 0.29) is 37.2 Å². The van der Waals surface area contributed by atoms with E-state index in [1.807, 2.05) is 0 Å². The average Bonchev–Trinajstić information content (AvgIpc) is 2.47. The summed E-state index contributed by atoms with van der Waals surface area (Å²) in [5, 5.41) is 40.5. The molecule has 122 valence electrons. The number of nitrogens with zero attached hydrogens (tertiary/aromatic N) is 1. The quantitative estimate of drug-likeness (QED) is 0.302. The van der Waals surface area contributed by atoms with E-state index in [0.29, 0.717) is 0 Å². The Labute approximate surface area is 126 Å². The highest BCUT2D eigenvalue weighted by atomic mass is 16.3. The van der Waals surface area contributed by atoms with Gasteiger partial charge in [0.1, 0.15) is 12.5 Å². The first-order chi connectivity index (χ1) is 10.5. The van der Waals surface area contributed by atoms with E-state index in [2.05, 4.69) is 15.6 Å². The van der Waals surface area contributed by atoms with Crippen molar-refractivity contribution in [2.75, 3.05) is 13.2 Å². The molecule has 0 aliphatic heterocycles. The van der Waals surface area contributed by atoms with Crippen LogP contribution in [0.2, 0.25) is 0 Å². The Morgan fingerprint density at radius 2 is 1.36 bits per heavy atom. The van der Waals surface area contributed by atoms with Gasteiger partial charge >= 0.3 is 0 Å². The second-order valence-electron chi connectivity index (χ2n) is 4.47. The molecule has 0 fully saturated rings. The van der Waals surface area contributed by atoms with Gasteiger partial charge in [0, 0.05) is 38.4 Å². The molecule has 1 rings (SSSR count). The minimum absolute atomic E-state index is 0.0211. The number of amides is 2. The van der Waals surface area contributed by atoms with Crippen molar-refractivity contribution in [1.29, 1.82) is 0 Å². The Morgan fingerprint density at radius 3 is 1.73 bits per heavy atom. The average molecular weight is 313 g/mol. The van der Waals surface area contributed by atoms with Gasteiger partial charge in [0.2, 0.25) is 0 Å². The third-order valence-corrected chi connectivity index (χ3v) is 2.66. The number of carbonyl (C=O) groups is 2. The fourth-order valence-corrected chi connectivity index (χ4v) is 1.55. The van der Waals surface area contributed by atoms with Gasteiger partial charge in [-0.05, 0) is 6.07 Å². The van der Waals surface area contributed by atoms with Gasteiger partial charge in [0.15, 0.2) is 0 Å². The van der Waals surface area contributed by atoms with E-state index in [4.69, 9.17) is 10.2 Å². The molecule has 2 amide bonds. The summed E-state index contributed by atoms with van der Waals surface area (Å²) in [6.07, 6.45) is -0.0359. The van der Waals surface area contributed by atoms with Crippen LogP contribution in [-0.4, -0.2) is 62.9 Å². The highest BCUT2D eigenvalue weighted by Crippen LogP contribution is 2.04. The zero-order valence-electron chi connectivity index (χ0n) is 11.8. The van der Waals surface area contributed by atoms with Crippen molar-refractivity contribution < 1.29 is 30.0 Å². The summed E-state index contributed by atoms with van der Waals surface area (Å²) in [5.41, 5.74) is 0.0857. The van der Waals surface area contributed by atoms with E-state index in [1.54, 1.807) is 0 Å². The monoisotopic (exact) mass is 313 g/mol. The second-order valence-corrected chi connectivity index (χ2v) is 4.47. The van der Waals surface area contributed by atoms with Crippen LogP contribution < -0.4 is 10.6 Å². The van der Waals surface area contributed by atoms with E-state index in [1.165, 1.54) is 18.5 Å². The topological polar surface area (TPSA) is 152 Å². The Morgan fingerprint density at radius 1 is 0.955 bits per heavy atom. The molecule has 9 heteroatoms. The van der Waals surface area contributed by atoms with Gasteiger partial charge in [-0.1, -0.05) is 0 Å². The number of pyridine rings is 1. The molecule has 22 heavy (non-hydrogen) atoms. The van der Waals surface area contributed by atoms with Crippen molar-refractivity contribution in [1.82, 2.24) is 15.6 Å². The van der Waals surface area contributed by atoms with Crippen LogP contribution in [-0.2, 0) is 0 Å². The highest BCUT2D eigenvalue weighted by Gasteiger charge is 2.15. The minimum atomic E-state index is -1.21. The third-order valence-electron chi connectivity index (χ3n) is 2.66. The van der Waals surface area contributed by atoms with Crippen LogP contribution in [0.3, 0.4) is 0 Å². The molecule has 1 aromatic heterocycles. The molecule has 6 N–H and O–H groups in total. The van der Waals surface area contributed by atoms with E-state index in [9.17, 15) is 19.8 Å². The maximum Gasteiger partial charge on any atom is 0.254 e. The summed E-state index contributed by atoms with van der Waals surface area (Å²) < 4.78 is 0. The molecular formula is C13H19N3O6. The summed E-state index contributed by atoms with van der Waals surface area (Å²) in [5.74, 6) is -1.31. The van der Waals surface area contributed by atoms with Crippen molar-refractivity contribution in [3.05, 3.63) is 29.6 Å². The highest BCUT2D eigenvalue weighted by molar-refractivity contribution is 5.99. The number of rotatable bonds is 8. The second kappa shape index (κ2) is 9.05. The first kappa shape index (κ1) is 18.0. The van der Waals surface area contributed by atoms with Gasteiger partial charge < -0.3 is 31.1 Å². The van der Waals surface area contributed by atoms with Crippen LogP contribution in [0.25, 0.3) is 0 Å². The maximum absolute atomic E-state index is 11.8. The molecule has 1 heterocycles. The largest absolute Gasteiger partial charge is 0.396 e. The maximum atomic E-state index is 11.8. The molecule has 0 bridgehead atoms. The van der Waals surface area contributed by atoms with E-state index >= 15 is 0 Å². The van der Waals surface area contributed by atoms with Gasteiger partial charge in [-0.3, -0.25) is 14.6 Å². The van der Waals surface area contributed by atoms with Crippen molar-refractivity contribution in [2.45, 2.75) is 25.3 Å². The molecule has 0 saturated carbocycles. The molecule has 2 unspecified atom stereocenters. The van der Waals surface area contributed by atoms with Gasteiger partial charge in [-0.2, -0.15) is 0 Å². The number of aromatic nitrogens is 1. The zero-order valence-corrected chi connectivity index (χ0v) is 11.8. The predicted octanol–water partition coefficient (Wildman–Crippen LogP) is -2.06. The Balaban J connectivity index is 2.72. The van der Waals surface area contributed by atoms with Crippen molar-refractivity contribution in [2.24, 2.45) is 0 Å². The van der Waals surface area contributed by atoms with Crippen molar-refractivity contribution in [3.63, 3.8) is 0 Å². The minimum Gasteiger partial charge on any atom is -0.396 e. The van der Waals surface area contributed by atoms with Crippen LogP contribution in [0.5, 0.6) is 0 Å². The first-order valence-corrected chi connectivity index (χ1v) is 6.62. The summed E-state index contributed by atoms with van der Waals surface area (Å²) in [6.45, 7) is -0.574. The number of aliphatic hydroxyl groups is 4. The van der Waals surface area contributed by atoms with Crippen LogP contribution in [0, 0.1) is 0 Å². The Kier molecular flexibility index (Phi) is 7.40. The fourth-order valence-electron chi connectivity index (χ4n) is 1.55. The lowest BCUT2D eigenvalue weighted by Crippen LogP contribution is -2.36. The molecule has 0 radical (unpaired) electrons. The standard InChI is InChI=1S/C13H19N3O6/c17-3-1-10(19)15-12(21)8-5-9(7-14-6-8)13(22)16-11(20)2-4-18/h5-7,10-11,17-20H,1-4H2,(H,15,21)(H,16,22). The number of hydrogen-bond acceptors (Lipinski definition) is 7. The Bertz CT molecular complexity index is 469. The lowest BCUT2D eigenvalue weighted by atomic mass is 10.1. The molecule has 9 nitrogen and oxygen atoms in total. The summed E-state index contributed by atoms with van der Waals surface area (Å²) in [7, 11) is 0. The number of carbonyl (C=O) groups excluding carboxylic acids is 2. The van der Waals surface area contributed by atoms with Gasteiger partial charge in [0.05, 0.1) is 11.1 Å². The van der Waals surface area contributed by atoms with Crippen molar-refractivity contribution >= 4 is 11.8 Å². The number of hydrogen-bond donors (Lipinski definition) is 6. The SMILES string of the molecule is O=C(NC(O)CCO)c1cncc(C(=O)NC(O)CCO)c1. The molecule has 0 saturated heterocycles. The van der Waals surface area contributed by atoms with Gasteiger partial charge in [-0.25, -0.2) is 0 Å². The first-order valence-electron chi connectivity index (χ1n) is 6.62. The van der Waals surface area contributed by atoms with E-state index in [0.717, 1.165) is 0 Å². The summed E-state index contributed by atoms with van der Waals surface area (Å²) in [4.78, 5) is 27.4. The van der Waals surface area contributed by atoms with Gasteiger partial charge in [0.25, 0.3) is 11.8 Å². The smallest absolute Gasteiger partial charge is 0.254 e. The molecular weight excluding hydrogens is 294 g/mol. The number of aliphatic hydroxyl groups excluding tert-OH is 4. The van der Waals surface area contributed by atoms with E-state index < -0.39 is 24.3 Å². The van der Waals surface area contributed by atoms with Crippen LogP contribution in [0.15, 0.2) is 18.5 Å².